The number of halogens is 1. The molecule has 1 aliphatic carbocycles. The molecule has 6 heteroatoms. The summed E-state index contributed by atoms with van der Waals surface area (Å²) in [4.78, 5) is 7.41. The molecular formula is C21H35IN4O. The maximum atomic E-state index is 5.07. The Kier molecular flexibility index (Phi) is 9.68. The average molecular weight is 486 g/mol. The van der Waals surface area contributed by atoms with Crippen LogP contribution in [-0.2, 0) is 11.3 Å². The summed E-state index contributed by atoms with van der Waals surface area (Å²) in [5, 5.41) is 6.85. The molecule has 2 N–H and O–H groups in total. The third-order valence-corrected chi connectivity index (χ3v) is 5.61. The van der Waals surface area contributed by atoms with E-state index in [2.05, 4.69) is 46.7 Å². The van der Waals surface area contributed by atoms with Crippen LogP contribution in [0.15, 0.2) is 29.3 Å². The van der Waals surface area contributed by atoms with Crippen molar-refractivity contribution in [2.75, 3.05) is 45.2 Å². The maximum Gasteiger partial charge on any atom is 0.194 e. The molecule has 3 rings (SSSR count). The van der Waals surface area contributed by atoms with Crippen molar-refractivity contribution in [2.24, 2.45) is 16.8 Å². The minimum atomic E-state index is 0. The Labute approximate surface area is 181 Å². The van der Waals surface area contributed by atoms with Gasteiger partial charge in [-0.2, -0.15) is 0 Å². The van der Waals surface area contributed by atoms with E-state index >= 15 is 0 Å². The molecule has 2 fully saturated rings. The number of likely N-dealkylation sites (tertiary alicyclic amines) is 1. The molecule has 1 heterocycles. The van der Waals surface area contributed by atoms with Crippen molar-refractivity contribution in [3.63, 3.8) is 0 Å². The largest absolute Gasteiger partial charge is 0.383 e. The standard InChI is InChI=1S/C21H34N4O.HI/c1-3-22-21(25-15-18-6-4-5-7-19(18)16-25)24-14-17-8-10-20(11-9-17)23-12-13-26-2;/h8-11,18-19,23H,3-7,12-16H2,1-2H3,(H,22,24);1H. The van der Waals surface area contributed by atoms with E-state index in [4.69, 9.17) is 9.73 Å². The van der Waals surface area contributed by atoms with Gasteiger partial charge in [0, 0.05) is 39.0 Å². The number of hydrogen-bond donors (Lipinski definition) is 2. The number of nitrogens with one attached hydrogen (secondary N) is 2. The summed E-state index contributed by atoms with van der Waals surface area (Å²) in [5.74, 6) is 2.85. The number of aliphatic imine (C=N–C) groups is 1. The van der Waals surface area contributed by atoms with E-state index in [9.17, 15) is 0 Å². The normalized spacial score (nSPS) is 22.1. The molecule has 2 aliphatic rings. The van der Waals surface area contributed by atoms with Gasteiger partial charge in [-0.05, 0) is 49.3 Å². The van der Waals surface area contributed by atoms with E-state index in [0.29, 0.717) is 0 Å². The summed E-state index contributed by atoms with van der Waals surface area (Å²) in [5.41, 5.74) is 2.37. The molecule has 1 aromatic carbocycles. The second-order valence-electron chi connectivity index (χ2n) is 7.50. The quantitative estimate of drug-likeness (QED) is 0.265. The zero-order valence-corrected chi connectivity index (χ0v) is 19.1. The average Bonchev–Trinajstić information content (AvgIpc) is 3.10. The molecule has 0 bridgehead atoms. The van der Waals surface area contributed by atoms with Gasteiger partial charge >= 0.3 is 0 Å². The molecule has 1 saturated carbocycles. The topological polar surface area (TPSA) is 48.9 Å². The molecule has 27 heavy (non-hydrogen) atoms. The van der Waals surface area contributed by atoms with Crippen LogP contribution in [0.25, 0.3) is 0 Å². The lowest BCUT2D eigenvalue weighted by molar-refractivity contribution is 0.211. The fourth-order valence-electron chi connectivity index (χ4n) is 4.20. The Hall–Kier alpha value is -1.02. The lowest BCUT2D eigenvalue weighted by Crippen LogP contribution is -2.40. The van der Waals surface area contributed by atoms with Crippen LogP contribution < -0.4 is 10.6 Å². The molecule has 0 amide bonds. The van der Waals surface area contributed by atoms with Gasteiger partial charge in [0.2, 0.25) is 0 Å². The number of ether oxygens (including phenoxy) is 1. The van der Waals surface area contributed by atoms with Crippen molar-refractivity contribution in [3.8, 4) is 0 Å². The van der Waals surface area contributed by atoms with Crippen molar-refractivity contribution in [1.82, 2.24) is 10.2 Å². The van der Waals surface area contributed by atoms with Gasteiger partial charge in [0.1, 0.15) is 0 Å². The van der Waals surface area contributed by atoms with Crippen molar-refractivity contribution in [1.29, 1.82) is 0 Å². The number of nitrogens with zero attached hydrogens (tertiary/aromatic N) is 2. The summed E-state index contributed by atoms with van der Waals surface area (Å²) < 4.78 is 5.07. The van der Waals surface area contributed by atoms with E-state index in [0.717, 1.165) is 49.7 Å². The molecule has 2 atom stereocenters. The lowest BCUT2D eigenvalue weighted by Gasteiger charge is -2.22. The van der Waals surface area contributed by atoms with Crippen LogP contribution in [0.4, 0.5) is 5.69 Å². The highest BCUT2D eigenvalue weighted by atomic mass is 127. The summed E-state index contributed by atoms with van der Waals surface area (Å²) >= 11 is 0. The van der Waals surface area contributed by atoms with Gasteiger partial charge in [-0.1, -0.05) is 25.0 Å². The second-order valence-corrected chi connectivity index (χ2v) is 7.50. The van der Waals surface area contributed by atoms with Crippen molar-refractivity contribution in [3.05, 3.63) is 29.8 Å². The van der Waals surface area contributed by atoms with Crippen LogP contribution in [0.2, 0.25) is 0 Å². The highest BCUT2D eigenvalue weighted by molar-refractivity contribution is 14.0. The molecule has 1 aromatic rings. The fourth-order valence-corrected chi connectivity index (χ4v) is 4.20. The van der Waals surface area contributed by atoms with Gasteiger partial charge in [0.25, 0.3) is 0 Å². The number of anilines is 1. The van der Waals surface area contributed by atoms with Gasteiger partial charge in [-0.25, -0.2) is 4.99 Å². The number of guanidine groups is 1. The number of hydrogen-bond acceptors (Lipinski definition) is 3. The first-order valence-electron chi connectivity index (χ1n) is 10.1. The van der Waals surface area contributed by atoms with Crippen molar-refractivity contribution in [2.45, 2.75) is 39.2 Å². The lowest BCUT2D eigenvalue weighted by atomic mass is 9.82. The number of rotatable bonds is 7. The molecule has 0 radical (unpaired) electrons. The summed E-state index contributed by atoms with van der Waals surface area (Å²) in [6, 6.07) is 8.56. The van der Waals surface area contributed by atoms with E-state index < -0.39 is 0 Å². The summed E-state index contributed by atoms with van der Waals surface area (Å²) in [6.07, 6.45) is 5.62. The van der Waals surface area contributed by atoms with Gasteiger partial charge in [0.15, 0.2) is 5.96 Å². The maximum absolute atomic E-state index is 5.07. The SMILES string of the molecule is CCNC(=NCc1ccc(NCCOC)cc1)N1CC2CCCCC2C1.I. The number of fused-ring (bicyclic) bond motifs is 1. The predicted octanol–water partition coefficient (Wildman–Crippen LogP) is 3.95. The van der Waals surface area contributed by atoms with Crippen LogP contribution >= 0.6 is 24.0 Å². The monoisotopic (exact) mass is 486 g/mol. The van der Waals surface area contributed by atoms with Crippen LogP contribution in [0.1, 0.15) is 38.2 Å². The first-order valence-corrected chi connectivity index (χ1v) is 10.1. The van der Waals surface area contributed by atoms with Gasteiger partial charge < -0.3 is 20.3 Å². The zero-order chi connectivity index (χ0) is 18.2. The van der Waals surface area contributed by atoms with Crippen LogP contribution in [-0.4, -0.2) is 50.8 Å². The Balaban J connectivity index is 0.00000261. The highest BCUT2D eigenvalue weighted by Gasteiger charge is 2.35. The minimum Gasteiger partial charge on any atom is -0.383 e. The first kappa shape index (κ1) is 22.3. The van der Waals surface area contributed by atoms with Crippen LogP contribution in [0.5, 0.6) is 0 Å². The highest BCUT2D eigenvalue weighted by Crippen LogP contribution is 2.35. The molecular weight excluding hydrogens is 451 g/mol. The predicted molar refractivity (Wildman–Crippen MR) is 124 cm³/mol. The third kappa shape index (κ3) is 6.52. The van der Waals surface area contributed by atoms with Gasteiger partial charge in [-0.3, -0.25) is 0 Å². The van der Waals surface area contributed by atoms with E-state index in [1.165, 1.54) is 44.3 Å². The number of benzene rings is 1. The fraction of sp³-hybridized carbons (Fsp3) is 0.667. The third-order valence-electron chi connectivity index (χ3n) is 5.61. The zero-order valence-electron chi connectivity index (χ0n) is 16.7. The molecule has 152 valence electrons. The smallest absolute Gasteiger partial charge is 0.194 e. The Bertz CT molecular complexity index is 564. The van der Waals surface area contributed by atoms with Crippen LogP contribution in [0.3, 0.4) is 0 Å². The molecule has 5 nitrogen and oxygen atoms in total. The molecule has 2 unspecified atom stereocenters. The minimum absolute atomic E-state index is 0. The molecule has 0 aromatic heterocycles. The van der Waals surface area contributed by atoms with Crippen molar-refractivity contribution >= 4 is 35.6 Å². The van der Waals surface area contributed by atoms with E-state index in [1.807, 2.05) is 0 Å². The van der Waals surface area contributed by atoms with E-state index in [-0.39, 0.29) is 24.0 Å². The van der Waals surface area contributed by atoms with Gasteiger partial charge in [-0.15, -0.1) is 24.0 Å². The Morgan fingerprint density at radius 3 is 2.41 bits per heavy atom. The molecule has 1 saturated heterocycles. The van der Waals surface area contributed by atoms with E-state index in [1.54, 1.807) is 7.11 Å². The summed E-state index contributed by atoms with van der Waals surface area (Å²) in [7, 11) is 1.72. The Morgan fingerprint density at radius 2 is 1.81 bits per heavy atom. The Morgan fingerprint density at radius 1 is 1.15 bits per heavy atom. The number of methoxy groups -OCH3 is 1. The van der Waals surface area contributed by atoms with Crippen LogP contribution in [0, 0.1) is 11.8 Å². The summed E-state index contributed by atoms with van der Waals surface area (Å²) in [6.45, 7) is 7.71. The second kappa shape index (κ2) is 11.7. The first-order chi connectivity index (χ1) is 12.8. The molecule has 0 spiro atoms. The van der Waals surface area contributed by atoms with Gasteiger partial charge in [0.05, 0.1) is 13.2 Å². The molecule has 1 aliphatic heterocycles. The van der Waals surface area contributed by atoms with Crippen molar-refractivity contribution < 1.29 is 4.74 Å².